The number of rotatable bonds is 4. The van der Waals surface area contributed by atoms with E-state index in [4.69, 9.17) is 0 Å². The van der Waals surface area contributed by atoms with Crippen molar-refractivity contribution in [2.45, 2.75) is 50.9 Å². The molecule has 0 heteroatoms. The predicted octanol–water partition coefficient (Wildman–Crippen LogP) is 9.28. The van der Waals surface area contributed by atoms with Crippen molar-refractivity contribution in [2.24, 2.45) is 5.92 Å². The van der Waals surface area contributed by atoms with Crippen molar-refractivity contribution in [3.05, 3.63) is 108 Å². The van der Waals surface area contributed by atoms with Gasteiger partial charge in [0.1, 0.15) is 0 Å². The molecule has 1 fully saturated rings. The Bertz CT molecular complexity index is 1260. The van der Waals surface area contributed by atoms with E-state index in [0.29, 0.717) is 5.92 Å². The molecule has 0 radical (unpaired) electrons. The second-order valence-corrected chi connectivity index (χ2v) is 9.85. The number of fused-ring (bicyclic) bond motifs is 3. The van der Waals surface area contributed by atoms with Gasteiger partial charge in [-0.3, -0.25) is 0 Å². The van der Waals surface area contributed by atoms with Crippen LogP contribution in [0.25, 0.3) is 33.4 Å². The zero-order valence-electron chi connectivity index (χ0n) is 19.6. The first-order chi connectivity index (χ1) is 16.3. The van der Waals surface area contributed by atoms with Crippen LogP contribution in [0.3, 0.4) is 0 Å². The number of benzene rings is 4. The molecule has 1 atom stereocenters. The zero-order valence-corrected chi connectivity index (χ0v) is 19.6. The van der Waals surface area contributed by atoms with E-state index in [-0.39, 0.29) is 5.41 Å². The molecular weight excluding hydrogens is 396 g/mol. The first-order valence-corrected chi connectivity index (χ1v) is 12.7. The Morgan fingerprint density at radius 1 is 0.606 bits per heavy atom. The molecule has 0 nitrogen and oxygen atoms in total. The van der Waals surface area contributed by atoms with Crippen LogP contribution in [-0.4, -0.2) is 0 Å². The molecule has 2 aliphatic rings. The lowest BCUT2D eigenvalue weighted by molar-refractivity contribution is 0.236. The van der Waals surface area contributed by atoms with Gasteiger partial charge >= 0.3 is 0 Å². The van der Waals surface area contributed by atoms with Crippen LogP contribution in [0.5, 0.6) is 0 Å². The summed E-state index contributed by atoms with van der Waals surface area (Å²) in [5.74, 6) is 0.701. The second kappa shape index (κ2) is 8.34. The second-order valence-electron chi connectivity index (χ2n) is 9.85. The molecule has 0 aromatic heterocycles. The molecule has 0 heterocycles. The number of hydrogen-bond acceptors (Lipinski definition) is 0. The molecule has 33 heavy (non-hydrogen) atoms. The molecule has 164 valence electrons. The molecule has 4 aromatic carbocycles. The third-order valence-electron chi connectivity index (χ3n) is 8.36. The lowest BCUT2D eigenvalue weighted by Crippen LogP contribution is -2.36. The molecule has 0 aliphatic heterocycles. The molecule has 2 aliphatic carbocycles. The van der Waals surface area contributed by atoms with Crippen molar-refractivity contribution in [1.82, 2.24) is 0 Å². The first kappa shape index (κ1) is 20.5. The Morgan fingerprint density at radius 2 is 1.21 bits per heavy atom. The van der Waals surface area contributed by atoms with E-state index < -0.39 is 0 Å². The minimum Gasteiger partial charge on any atom is -0.0642 e. The van der Waals surface area contributed by atoms with Crippen LogP contribution in [0.4, 0.5) is 0 Å². The minimum absolute atomic E-state index is 0.0856. The molecule has 1 unspecified atom stereocenters. The standard InChI is InChI=1S/C33H32/c1-2-33(26-18-10-5-11-19-26)30-21-13-12-20-28(30)29-23-22-27(24-14-6-3-7-15-24)31(32(29)33)25-16-8-4-9-17-25/h3-4,6-9,12-17,20-23,26H,2,5,10-11,18-19H2,1H3. The minimum atomic E-state index is 0.0856. The van der Waals surface area contributed by atoms with Crippen LogP contribution in [0.2, 0.25) is 0 Å². The largest absolute Gasteiger partial charge is 0.0642 e. The SMILES string of the molecule is CCC1(C2CCCCC2)c2ccccc2-c2ccc(-c3ccccc3)c(-c3ccccc3)c21. The smallest absolute Gasteiger partial charge is 0.0247 e. The van der Waals surface area contributed by atoms with Crippen LogP contribution < -0.4 is 0 Å². The molecule has 0 N–H and O–H groups in total. The normalized spacial score (nSPS) is 19.8. The number of hydrogen-bond donors (Lipinski definition) is 0. The van der Waals surface area contributed by atoms with Gasteiger partial charge in [0.2, 0.25) is 0 Å². The summed E-state index contributed by atoms with van der Waals surface area (Å²) in [6.07, 6.45) is 7.95. The summed E-state index contributed by atoms with van der Waals surface area (Å²) in [5.41, 5.74) is 11.6. The van der Waals surface area contributed by atoms with E-state index in [0.717, 1.165) is 6.42 Å². The highest BCUT2D eigenvalue weighted by Crippen LogP contribution is 2.61. The highest BCUT2D eigenvalue weighted by Gasteiger charge is 2.49. The molecule has 0 saturated heterocycles. The van der Waals surface area contributed by atoms with Crippen molar-refractivity contribution in [3.63, 3.8) is 0 Å². The van der Waals surface area contributed by atoms with Crippen LogP contribution >= 0.6 is 0 Å². The quantitative estimate of drug-likeness (QED) is 0.304. The van der Waals surface area contributed by atoms with E-state index in [1.54, 1.807) is 11.1 Å². The van der Waals surface area contributed by atoms with Gasteiger partial charge in [0.05, 0.1) is 0 Å². The van der Waals surface area contributed by atoms with Crippen LogP contribution in [0, 0.1) is 5.92 Å². The van der Waals surface area contributed by atoms with E-state index in [1.165, 1.54) is 65.5 Å². The van der Waals surface area contributed by atoms with Gasteiger partial charge < -0.3 is 0 Å². The Hall–Kier alpha value is -3.12. The maximum Gasteiger partial charge on any atom is 0.0247 e. The van der Waals surface area contributed by atoms with Crippen molar-refractivity contribution < 1.29 is 0 Å². The van der Waals surface area contributed by atoms with Crippen molar-refractivity contribution in [3.8, 4) is 33.4 Å². The van der Waals surface area contributed by atoms with E-state index in [2.05, 4.69) is 104 Å². The monoisotopic (exact) mass is 428 g/mol. The Labute approximate surface area is 198 Å². The van der Waals surface area contributed by atoms with E-state index in [1.807, 2.05) is 0 Å². The first-order valence-electron chi connectivity index (χ1n) is 12.7. The lowest BCUT2D eigenvalue weighted by atomic mass is 9.60. The molecule has 0 amide bonds. The van der Waals surface area contributed by atoms with Gasteiger partial charge in [-0.15, -0.1) is 0 Å². The molecule has 0 spiro atoms. The molecule has 4 aromatic rings. The third-order valence-corrected chi connectivity index (χ3v) is 8.36. The van der Waals surface area contributed by atoms with Crippen LogP contribution in [0.1, 0.15) is 56.6 Å². The summed E-state index contributed by atoms with van der Waals surface area (Å²) in [6.45, 7) is 2.43. The van der Waals surface area contributed by atoms with Gasteiger partial charge in [0, 0.05) is 5.41 Å². The predicted molar refractivity (Wildman–Crippen MR) is 140 cm³/mol. The van der Waals surface area contributed by atoms with Gasteiger partial charge in [-0.2, -0.15) is 0 Å². The molecule has 6 rings (SSSR count). The van der Waals surface area contributed by atoms with E-state index in [9.17, 15) is 0 Å². The van der Waals surface area contributed by atoms with Crippen LogP contribution in [0.15, 0.2) is 97.1 Å². The van der Waals surface area contributed by atoms with Gasteiger partial charge in [0.25, 0.3) is 0 Å². The van der Waals surface area contributed by atoms with Gasteiger partial charge in [-0.25, -0.2) is 0 Å². The maximum atomic E-state index is 2.43. The summed E-state index contributed by atoms with van der Waals surface area (Å²) in [7, 11) is 0. The summed E-state index contributed by atoms with van der Waals surface area (Å²) in [6, 6.07) is 36.2. The van der Waals surface area contributed by atoms with Crippen molar-refractivity contribution >= 4 is 0 Å². The summed E-state index contributed by atoms with van der Waals surface area (Å²) in [5, 5.41) is 0. The fraction of sp³-hybridized carbons (Fsp3) is 0.273. The molecule has 0 bridgehead atoms. The topological polar surface area (TPSA) is 0 Å². The summed E-state index contributed by atoms with van der Waals surface area (Å²) < 4.78 is 0. The van der Waals surface area contributed by atoms with Gasteiger partial charge in [0.15, 0.2) is 0 Å². The summed E-state index contributed by atoms with van der Waals surface area (Å²) >= 11 is 0. The van der Waals surface area contributed by atoms with Crippen molar-refractivity contribution in [2.75, 3.05) is 0 Å². The average molecular weight is 429 g/mol. The van der Waals surface area contributed by atoms with Crippen LogP contribution in [-0.2, 0) is 5.41 Å². The van der Waals surface area contributed by atoms with E-state index >= 15 is 0 Å². The fourth-order valence-corrected chi connectivity index (χ4v) is 6.97. The Kier molecular flexibility index (Phi) is 5.18. The summed E-state index contributed by atoms with van der Waals surface area (Å²) in [4.78, 5) is 0. The van der Waals surface area contributed by atoms with Gasteiger partial charge in [-0.05, 0) is 69.7 Å². The average Bonchev–Trinajstić information content (AvgIpc) is 3.20. The zero-order chi connectivity index (χ0) is 22.3. The lowest BCUT2D eigenvalue weighted by Gasteiger charge is -2.42. The fourth-order valence-electron chi connectivity index (χ4n) is 6.97. The Balaban J connectivity index is 1.73. The highest BCUT2D eigenvalue weighted by atomic mass is 14.5. The highest BCUT2D eigenvalue weighted by molar-refractivity contribution is 5.96. The van der Waals surface area contributed by atoms with Gasteiger partial charge in [-0.1, -0.05) is 123 Å². The molecular formula is C33H32. The maximum absolute atomic E-state index is 2.43. The molecule has 1 saturated carbocycles. The van der Waals surface area contributed by atoms with Crippen molar-refractivity contribution in [1.29, 1.82) is 0 Å². The Morgan fingerprint density at radius 3 is 1.91 bits per heavy atom. The third kappa shape index (κ3) is 3.11.